The molecule has 1 aliphatic heterocycles. The lowest BCUT2D eigenvalue weighted by atomic mass is 9.94. The van der Waals surface area contributed by atoms with Crippen molar-refractivity contribution in [1.82, 2.24) is 0 Å². The van der Waals surface area contributed by atoms with Crippen LogP contribution < -0.4 is 4.90 Å². The van der Waals surface area contributed by atoms with Crippen LogP contribution in [-0.4, -0.2) is 28.6 Å². The first-order valence-corrected chi connectivity index (χ1v) is 7.23. The zero-order valence-corrected chi connectivity index (χ0v) is 11.9. The number of carbonyl (C=O) groups is 1. The Kier molecular flexibility index (Phi) is 3.31. The summed E-state index contributed by atoms with van der Waals surface area (Å²) in [5.41, 5.74) is 1.58. The average Bonchev–Trinajstić information content (AvgIpc) is 2.98. The first kappa shape index (κ1) is 13.9. The largest absolute Gasteiger partial charge is 0.480 e. The Bertz CT molecular complexity index is 601. The van der Waals surface area contributed by atoms with Crippen molar-refractivity contribution in [2.24, 2.45) is 11.8 Å². The Morgan fingerprint density at radius 1 is 1.43 bits per heavy atom. The molecule has 0 bridgehead atoms. The third-order valence-corrected chi connectivity index (χ3v) is 4.86. The van der Waals surface area contributed by atoms with E-state index in [4.69, 9.17) is 0 Å². The maximum Gasteiger partial charge on any atom is 0.326 e. The number of benzene rings is 1. The van der Waals surface area contributed by atoms with E-state index < -0.39 is 16.9 Å². The van der Waals surface area contributed by atoms with Gasteiger partial charge in [0.15, 0.2) is 0 Å². The minimum absolute atomic E-state index is 0.0109. The van der Waals surface area contributed by atoms with E-state index in [1.54, 1.807) is 6.07 Å². The summed E-state index contributed by atoms with van der Waals surface area (Å²) < 4.78 is 0. The molecule has 21 heavy (non-hydrogen) atoms. The second-order valence-corrected chi connectivity index (χ2v) is 6.02. The number of rotatable bonds is 3. The number of aryl methyl sites for hydroxylation is 1. The van der Waals surface area contributed by atoms with Gasteiger partial charge in [-0.15, -0.1) is 0 Å². The third kappa shape index (κ3) is 2.24. The van der Waals surface area contributed by atoms with Gasteiger partial charge >= 0.3 is 5.97 Å². The number of anilines is 1. The van der Waals surface area contributed by atoms with Gasteiger partial charge in [-0.2, -0.15) is 0 Å². The highest BCUT2D eigenvalue weighted by Gasteiger charge is 2.48. The molecular formula is C15H18N2O4. The van der Waals surface area contributed by atoms with Crippen molar-refractivity contribution in [3.05, 3.63) is 33.9 Å². The monoisotopic (exact) mass is 290 g/mol. The van der Waals surface area contributed by atoms with Crippen LogP contribution in [0.1, 0.15) is 24.8 Å². The van der Waals surface area contributed by atoms with Gasteiger partial charge in [0, 0.05) is 24.4 Å². The molecule has 3 atom stereocenters. The van der Waals surface area contributed by atoms with Gasteiger partial charge < -0.3 is 10.0 Å². The topological polar surface area (TPSA) is 83.7 Å². The van der Waals surface area contributed by atoms with E-state index in [0.717, 1.165) is 24.8 Å². The predicted octanol–water partition coefficient (Wildman–Crippen LogP) is 2.59. The molecule has 1 aliphatic carbocycles. The molecule has 1 aromatic carbocycles. The summed E-state index contributed by atoms with van der Waals surface area (Å²) in [4.78, 5) is 24.1. The van der Waals surface area contributed by atoms with E-state index in [-0.39, 0.29) is 11.6 Å². The van der Waals surface area contributed by atoms with Crippen LogP contribution in [0.3, 0.4) is 0 Å². The molecule has 1 heterocycles. The van der Waals surface area contributed by atoms with E-state index in [2.05, 4.69) is 0 Å². The molecule has 6 nitrogen and oxygen atoms in total. The van der Waals surface area contributed by atoms with Gasteiger partial charge in [-0.3, -0.25) is 10.1 Å². The van der Waals surface area contributed by atoms with Crippen LogP contribution in [0.15, 0.2) is 18.2 Å². The number of nitro groups is 1. The molecule has 2 fully saturated rings. The van der Waals surface area contributed by atoms with Crippen molar-refractivity contribution in [1.29, 1.82) is 0 Å². The molecule has 1 saturated carbocycles. The van der Waals surface area contributed by atoms with Gasteiger partial charge in [0.2, 0.25) is 0 Å². The van der Waals surface area contributed by atoms with E-state index in [0.29, 0.717) is 18.2 Å². The Hall–Kier alpha value is -2.11. The fraction of sp³-hybridized carbons (Fsp3) is 0.533. The number of hydrogen-bond donors (Lipinski definition) is 1. The lowest BCUT2D eigenvalue weighted by Gasteiger charge is -2.27. The SMILES string of the molecule is Cc1ccc([N+](=O)[O-])cc1N1CC2CCCC2C1C(=O)O. The Morgan fingerprint density at radius 2 is 2.19 bits per heavy atom. The van der Waals surface area contributed by atoms with E-state index >= 15 is 0 Å². The fourth-order valence-corrected chi connectivity index (χ4v) is 3.89. The smallest absolute Gasteiger partial charge is 0.326 e. The zero-order chi connectivity index (χ0) is 15.1. The summed E-state index contributed by atoms with van der Waals surface area (Å²) >= 11 is 0. The van der Waals surface area contributed by atoms with Crippen LogP contribution >= 0.6 is 0 Å². The molecule has 2 aliphatic rings. The van der Waals surface area contributed by atoms with E-state index in [9.17, 15) is 20.0 Å². The summed E-state index contributed by atoms with van der Waals surface area (Å²) in [6.45, 7) is 2.55. The van der Waals surface area contributed by atoms with Crippen LogP contribution in [0.4, 0.5) is 11.4 Å². The molecule has 0 radical (unpaired) electrons. The lowest BCUT2D eigenvalue weighted by molar-refractivity contribution is -0.384. The van der Waals surface area contributed by atoms with Crippen LogP contribution in [-0.2, 0) is 4.79 Å². The molecule has 0 spiro atoms. The van der Waals surface area contributed by atoms with Crippen LogP contribution in [0, 0.1) is 28.9 Å². The first-order valence-electron chi connectivity index (χ1n) is 7.23. The number of non-ortho nitro benzene ring substituents is 1. The fourth-order valence-electron chi connectivity index (χ4n) is 3.89. The zero-order valence-electron chi connectivity index (χ0n) is 11.9. The van der Waals surface area contributed by atoms with E-state index in [1.807, 2.05) is 11.8 Å². The molecular weight excluding hydrogens is 272 g/mol. The van der Waals surface area contributed by atoms with Gasteiger partial charge in [0.25, 0.3) is 5.69 Å². The minimum atomic E-state index is -0.824. The number of carboxylic acids is 1. The van der Waals surface area contributed by atoms with Crippen molar-refractivity contribution in [3.8, 4) is 0 Å². The van der Waals surface area contributed by atoms with Crippen LogP contribution in [0.5, 0.6) is 0 Å². The Labute approximate surface area is 122 Å². The molecule has 6 heteroatoms. The Balaban J connectivity index is 2.01. The van der Waals surface area contributed by atoms with Crippen molar-refractivity contribution in [2.75, 3.05) is 11.4 Å². The Morgan fingerprint density at radius 3 is 2.86 bits per heavy atom. The van der Waals surface area contributed by atoms with Crippen molar-refractivity contribution in [3.63, 3.8) is 0 Å². The molecule has 1 aromatic rings. The van der Waals surface area contributed by atoms with Crippen molar-refractivity contribution >= 4 is 17.3 Å². The molecule has 0 aromatic heterocycles. The minimum Gasteiger partial charge on any atom is -0.480 e. The maximum absolute atomic E-state index is 11.7. The van der Waals surface area contributed by atoms with Crippen LogP contribution in [0.2, 0.25) is 0 Å². The molecule has 0 amide bonds. The quantitative estimate of drug-likeness (QED) is 0.683. The third-order valence-electron chi connectivity index (χ3n) is 4.86. The number of nitrogens with zero attached hydrogens (tertiary/aromatic N) is 2. The number of hydrogen-bond acceptors (Lipinski definition) is 4. The molecule has 112 valence electrons. The summed E-state index contributed by atoms with van der Waals surface area (Å²) in [5.74, 6) is -0.263. The number of fused-ring (bicyclic) bond motifs is 1. The summed E-state index contributed by atoms with van der Waals surface area (Å²) in [6, 6.07) is 4.11. The highest BCUT2D eigenvalue weighted by atomic mass is 16.6. The standard InChI is InChI=1S/C15H18N2O4/c1-9-5-6-11(17(20)21)7-13(9)16-8-10-3-2-4-12(10)14(16)15(18)19/h5-7,10,12,14H,2-4,8H2,1H3,(H,18,19). The second-order valence-electron chi connectivity index (χ2n) is 6.02. The summed E-state index contributed by atoms with van der Waals surface area (Å²) in [5, 5.41) is 20.5. The average molecular weight is 290 g/mol. The van der Waals surface area contributed by atoms with Crippen LogP contribution in [0.25, 0.3) is 0 Å². The number of aliphatic carboxylic acids is 1. The van der Waals surface area contributed by atoms with E-state index in [1.165, 1.54) is 12.1 Å². The lowest BCUT2D eigenvalue weighted by Crippen LogP contribution is -2.40. The first-order chi connectivity index (χ1) is 9.99. The predicted molar refractivity (Wildman–Crippen MR) is 77.4 cm³/mol. The molecule has 3 rings (SSSR count). The van der Waals surface area contributed by atoms with Gasteiger partial charge in [-0.1, -0.05) is 12.5 Å². The van der Waals surface area contributed by atoms with Gasteiger partial charge in [-0.25, -0.2) is 4.79 Å². The highest BCUT2D eigenvalue weighted by Crippen LogP contribution is 2.45. The second kappa shape index (κ2) is 5.02. The normalized spacial score (nSPS) is 27.7. The van der Waals surface area contributed by atoms with Gasteiger partial charge in [0.05, 0.1) is 4.92 Å². The van der Waals surface area contributed by atoms with Crippen molar-refractivity contribution < 1.29 is 14.8 Å². The highest BCUT2D eigenvalue weighted by molar-refractivity contribution is 5.80. The number of carboxylic acid groups (broad SMARTS) is 1. The summed E-state index contributed by atoms with van der Waals surface area (Å²) in [7, 11) is 0. The molecule has 1 saturated heterocycles. The number of nitro benzene ring substituents is 1. The maximum atomic E-state index is 11.7. The van der Waals surface area contributed by atoms with Crippen molar-refractivity contribution in [2.45, 2.75) is 32.2 Å². The van der Waals surface area contributed by atoms with Gasteiger partial charge in [-0.05, 0) is 37.2 Å². The summed E-state index contributed by atoms with van der Waals surface area (Å²) in [6.07, 6.45) is 3.08. The van der Waals surface area contributed by atoms with Gasteiger partial charge in [0.1, 0.15) is 6.04 Å². The molecule has 3 unspecified atom stereocenters. The molecule has 1 N–H and O–H groups in total.